The van der Waals surface area contributed by atoms with Crippen molar-refractivity contribution < 1.29 is 8.42 Å². The molecule has 0 unspecified atom stereocenters. The number of anilines is 1. The van der Waals surface area contributed by atoms with E-state index >= 15 is 0 Å². The Hall–Kier alpha value is -0.600. The molecule has 0 radical (unpaired) electrons. The summed E-state index contributed by atoms with van der Waals surface area (Å²) in [5.41, 5.74) is 2.76. The summed E-state index contributed by atoms with van der Waals surface area (Å²) in [4.78, 5) is 0.262. The molecule has 2 rings (SSSR count). The van der Waals surface area contributed by atoms with Crippen molar-refractivity contribution in [3.63, 3.8) is 0 Å². The zero-order chi connectivity index (χ0) is 16.5. The number of halogens is 2. The molecule has 0 amide bonds. The summed E-state index contributed by atoms with van der Waals surface area (Å²) in [7, 11) is -3.58. The van der Waals surface area contributed by atoms with Crippen molar-refractivity contribution in [3.8, 4) is 0 Å². The molecule has 0 aliphatic rings. The first-order valence-electron chi connectivity index (χ1n) is 6.79. The Morgan fingerprint density at radius 2 is 1.73 bits per heavy atom. The fourth-order valence-electron chi connectivity index (χ4n) is 2.00. The van der Waals surface area contributed by atoms with E-state index in [1.54, 1.807) is 24.3 Å². The van der Waals surface area contributed by atoms with Crippen molar-refractivity contribution in [2.24, 2.45) is 0 Å². The second-order valence-electron chi connectivity index (χ2n) is 5.43. The summed E-state index contributed by atoms with van der Waals surface area (Å²) in [5.74, 6) is 0.366. The minimum atomic E-state index is -3.58. The van der Waals surface area contributed by atoms with E-state index in [-0.39, 0.29) is 4.90 Å². The number of hydrogen-bond acceptors (Lipinski definition) is 2. The summed E-state index contributed by atoms with van der Waals surface area (Å²) in [6.45, 7) is 6.13. The van der Waals surface area contributed by atoms with Crippen LogP contribution in [-0.4, -0.2) is 8.42 Å². The van der Waals surface area contributed by atoms with Gasteiger partial charge in [0.1, 0.15) is 0 Å². The van der Waals surface area contributed by atoms with Crippen LogP contribution in [0.3, 0.4) is 0 Å². The SMILES string of the molecule is Cc1ccc(S(=O)(=O)Nc2cc(Br)c(C(C)C)cc2I)cc1. The summed E-state index contributed by atoms with van der Waals surface area (Å²) in [6, 6.07) is 10.6. The third-order valence-electron chi connectivity index (χ3n) is 3.28. The highest BCUT2D eigenvalue weighted by Crippen LogP contribution is 2.32. The van der Waals surface area contributed by atoms with Crippen molar-refractivity contribution >= 4 is 54.2 Å². The van der Waals surface area contributed by atoms with Crippen LogP contribution < -0.4 is 4.72 Å². The fraction of sp³-hybridized carbons (Fsp3) is 0.250. The number of hydrogen-bond donors (Lipinski definition) is 1. The van der Waals surface area contributed by atoms with Crippen LogP contribution in [0.1, 0.15) is 30.9 Å². The van der Waals surface area contributed by atoms with E-state index in [0.717, 1.165) is 19.2 Å². The summed E-state index contributed by atoms with van der Waals surface area (Å²) >= 11 is 5.67. The molecule has 0 atom stereocenters. The lowest BCUT2D eigenvalue weighted by molar-refractivity contribution is 0.601. The van der Waals surface area contributed by atoms with Crippen molar-refractivity contribution in [3.05, 3.63) is 55.6 Å². The average Bonchev–Trinajstić information content (AvgIpc) is 2.42. The smallest absolute Gasteiger partial charge is 0.261 e. The third-order valence-corrected chi connectivity index (χ3v) is 6.24. The van der Waals surface area contributed by atoms with Crippen LogP contribution in [-0.2, 0) is 10.0 Å². The highest BCUT2D eigenvalue weighted by atomic mass is 127. The molecule has 2 aromatic carbocycles. The van der Waals surface area contributed by atoms with Gasteiger partial charge < -0.3 is 0 Å². The largest absolute Gasteiger partial charge is 0.279 e. The van der Waals surface area contributed by atoms with E-state index in [2.05, 4.69) is 57.1 Å². The van der Waals surface area contributed by atoms with Crippen molar-refractivity contribution in [2.45, 2.75) is 31.6 Å². The van der Waals surface area contributed by atoms with E-state index in [1.807, 2.05) is 19.1 Å². The molecule has 0 fully saturated rings. The van der Waals surface area contributed by atoms with Crippen LogP contribution in [0.25, 0.3) is 0 Å². The molecule has 0 saturated heterocycles. The Bertz CT molecular complexity index is 787. The van der Waals surface area contributed by atoms with Gasteiger partial charge in [0, 0.05) is 8.04 Å². The van der Waals surface area contributed by atoms with Crippen molar-refractivity contribution in [1.29, 1.82) is 0 Å². The number of rotatable bonds is 4. The van der Waals surface area contributed by atoms with Gasteiger partial charge in [-0.2, -0.15) is 0 Å². The predicted octanol–water partition coefficient (Wildman–Crippen LogP) is 5.29. The summed E-state index contributed by atoms with van der Waals surface area (Å²) < 4.78 is 29.4. The monoisotopic (exact) mass is 493 g/mol. The first-order valence-corrected chi connectivity index (χ1v) is 10.1. The molecule has 0 heterocycles. The highest BCUT2D eigenvalue weighted by Gasteiger charge is 2.17. The van der Waals surface area contributed by atoms with Crippen LogP contribution in [0, 0.1) is 10.5 Å². The van der Waals surface area contributed by atoms with E-state index < -0.39 is 10.0 Å². The molecule has 0 spiro atoms. The normalized spacial score (nSPS) is 11.7. The maximum atomic E-state index is 12.5. The lowest BCUT2D eigenvalue weighted by atomic mass is 10.0. The zero-order valence-electron chi connectivity index (χ0n) is 12.5. The average molecular weight is 494 g/mol. The van der Waals surface area contributed by atoms with Gasteiger partial charge in [-0.05, 0) is 65.3 Å². The van der Waals surface area contributed by atoms with Gasteiger partial charge in [0.2, 0.25) is 0 Å². The number of sulfonamides is 1. The van der Waals surface area contributed by atoms with Gasteiger partial charge in [0.05, 0.1) is 10.6 Å². The van der Waals surface area contributed by atoms with E-state index in [9.17, 15) is 8.42 Å². The summed E-state index contributed by atoms with van der Waals surface area (Å²) in [5, 5.41) is 0. The van der Waals surface area contributed by atoms with Gasteiger partial charge in [0.25, 0.3) is 10.0 Å². The van der Waals surface area contributed by atoms with Gasteiger partial charge in [-0.1, -0.05) is 47.5 Å². The molecular formula is C16H17BrINO2S. The second-order valence-corrected chi connectivity index (χ2v) is 9.13. The van der Waals surface area contributed by atoms with Crippen LogP contribution in [0.5, 0.6) is 0 Å². The van der Waals surface area contributed by atoms with Crippen LogP contribution >= 0.6 is 38.5 Å². The van der Waals surface area contributed by atoms with E-state index in [0.29, 0.717) is 11.6 Å². The Labute approximate surface area is 153 Å². The Balaban J connectivity index is 2.38. The molecule has 22 heavy (non-hydrogen) atoms. The van der Waals surface area contributed by atoms with Crippen LogP contribution in [0.15, 0.2) is 45.8 Å². The Morgan fingerprint density at radius 1 is 1.14 bits per heavy atom. The lowest BCUT2D eigenvalue weighted by Gasteiger charge is -2.14. The maximum Gasteiger partial charge on any atom is 0.261 e. The first kappa shape index (κ1) is 17.7. The molecule has 0 aliphatic heterocycles. The molecule has 0 aliphatic carbocycles. The van der Waals surface area contributed by atoms with Crippen molar-refractivity contribution in [2.75, 3.05) is 4.72 Å². The predicted molar refractivity (Wildman–Crippen MR) is 103 cm³/mol. The highest BCUT2D eigenvalue weighted by molar-refractivity contribution is 14.1. The maximum absolute atomic E-state index is 12.5. The Morgan fingerprint density at radius 3 is 2.27 bits per heavy atom. The topological polar surface area (TPSA) is 46.2 Å². The van der Waals surface area contributed by atoms with Gasteiger partial charge in [-0.25, -0.2) is 8.42 Å². The van der Waals surface area contributed by atoms with Gasteiger partial charge in [-0.15, -0.1) is 0 Å². The molecule has 2 aromatic rings. The number of nitrogens with one attached hydrogen (secondary N) is 1. The molecule has 0 saturated carbocycles. The molecule has 0 bridgehead atoms. The van der Waals surface area contributed by atoms with E-state index in [4.69, 9.17) is 0 Å². The Kier molecular flexibility index (Phi) is 5.55. The fourth-order valence-corrected chi connectivity index (χ4v) is 4.68. The minimum absolute atomic E-state index is 0.262. The molecule has 0 aromatic heterocycles. The first-order chi connectivity index (χ1) is 10.2. The van der Waals surface area contributed by atoms with Gasteiger partial charge in [0.15, 0.2) is 0 Å². The molecule has 1 N–H and O–H groups in total. The number of benzene rings is 2. The van der Waals surface area contributed by atoms with Crippen LogP contribution in [0.4, 0.5) is 5.69 Å². The number of aryl methyl sites for hydroxylation is 1. The van der Waals surface area contributed by atoms with Crippen molar-refractivity contribution in [1.82, 2.24) is 0 Å². The second kappa shape index (κ2) is 6.88. The quantitative estimate of drug-likeness (QED) is 0.588. The van der Waals surface area contributed by atoms with Gasteiger partial charge in [-0.3, -0.25) is 4.72 Å². The third kappa shape index (κ3) is 4.02. The summed E-state index contributed by atoms with van der Waals surface area (Å²) in [6.07, 6.45) is 0. The standard InChI is InChI=1S/C16H17BrINO2S/c1-10(2)13-8-15(18)16(9-14(13)17)19-22(20,21)12-6-4-11(3)5-7-12/h4-10,19H,1-3H3. The lowest BCUT2D eigenvalue weighted by Crippen LogP contribution is -2.14. The molecule has 6 heteroatoms. The minimum Gasteiger partial charge on any atom is -0.279 e. The molecule has 3 nitrogen and oxygen atoms in total. The van der Waals surface area contributed by atoms with E-state index in [1.165, 1.54) is 0 Å². The van der Waals surface area contributed by atoms with Gasteiger partial charge >= 0.3 is 0 Å². The van der Waals surface area contributed by atoms with Crippen LogP contribution in [0.2, 0.25) is 0 Å². The molecule has 118 valence electrons. The zero-order valence-corrected chi connectivity index (χ0v) is 17.1. The molecular weight excluding hydrogens is 477 g/mol.